The monoisotopic (exact) mass is 380 g/mol. The number of guanidine groups is 1. The minimum absolute atomic E-state index is 0.177. The van der Waals surface area contributed by atoms with E-state index in [4.69, 9.17) is 15.2 Å². The van der Waals surface area contributed by atoms with Gasteiger partial charge in [-0.3, -0.25) is 4.79 Å². The molecule has 1 fully saturated rings. The van der Waals surface area contributed by atoms with E-state index >= 15 is 0 Å². The Morgan fingerprint density at radius 3 is 2.79 bits per heavy atom. The number of hydrogen-bond donors (Lipinski definition) is 2. The lowest BCUT2D eigenvalue weighted by Crippen LogP contribution is -2.24. The SMILES string of the molecule is NC(=NCc1cccc(N2CCCC2=O)c1)Nc1ccc2c(c1)OCCCO2. The average Bonchev–Trinajstić information content (AvgIpc) is 2.99. The van der Waals surface area contributed by atoms with Crippen LogP contribution in [-0.2, 0) is 11.3 Å². The topological polar surface area (TPSA) is 89.2 Å². The van der Waals surface area contributed by atoms with Crippen LogP contribution in [0.2, 0.25) is 0 Å². The molecule has 0 spiro atoms. The van der Waals surface area contributed by atoms with Gasteiger partial charge in [0.05, 0.1) is 19.8 Å². The molecule has 0 aromatic heterocycles. The summed E-state index contributed by atoms with van der Waals surface area (Å²) in [4.78, 5) is 18.2. The fourth-order valence-electron chi connectivity index (χ4n) is 3.35. The summed E-state index contributed by atoms with van der Waals surface area (Å²) in [6.07, 6.45) is 2.39. The Labute approximate surface area is 164 Å². The fourth-order valence-corrected chi connectivity index (χ4v) is 3.35. The van der Waals surface area contributed by atoms with Crippen LogP contribution in [0.3, 0.4) is 0 Å². The number of aliphatic imine (C=N–C) groups is 1. The number of hydrogen-bond acceptors (Lipinski definition) is 4. The van der Waals surface area contributed by atoms with E-state index in [1.165, 1.54) is 0 Å². The second-order valence-electron chi connectivity index (χ2n) is 6.86. The van der Waals surface area contributed by atoms with Gasteiger partial charge in [0.15, 0.2) is 17.5 Å². The Kier molecular flexibility index (Phi) is 5.32. The molecule has 0 unspecified atom stereocenters. The highest BCUT2D eigenvalue weighted by atomic mass is 16.5. The van der Waals surface area contributed by atoms with Gasteiger partial charge in [0.25, 0.3) is 0 Å². The van der Waals surface area contributed by atoms with E-state index in [0.717, 1.165) is 42.1 Å². The van der Waals surface area contributed by atoms with Crippen molar-refractivity contribution in [2.24, 2.45) is 10.7 Å². The van der Waals surface area contributed by atoms with E-state index in [0.29, 0.717) is 37.9 Å². The number of carbonyl (C=O) groups excluding carboxylic acids is 1. The smallest absolute Gasteiger partial charge is 0.227 e. The maximum atomic E-state index is 11.9. The first-order chi connectivity index (χ1) is 13.7. The Bertz CT molecular complexity index is 897. The first kappa shape index (κ1) is 18.2. The summed E-state index contributed by atoms with van der Waals surface area (Å²) in [7, 11) is 0. The van der Waals surface area contributed by atoms with Crippen LogP contribution in [0.4, 0.5) is 11.4 Å². The fraction of sp³-hybridized carbons (Fsp3) is 0.333. The Balaban J connectivity index is 1.41. The predicted octanol–water partition coefficient (Wildman–Crippen LogP) is 2.90. The summed E-state index contributed by atoms with van der Waals surface area (Å²) in [6.45, 7) is 2.50. The molecule has 4 rings (SSSR count). The lowest BCUT2D eigenvalue weighted by molar-refractivity contribution is -0.117. The number of fused-ring (bicyclic) bond motifs is 1. The lowest BCUT2D eigenvalue weighted by atomic mass is 10.2. The average molecular weight is 380 g/mol. The maximum Gasteiger partial charge on any atom is 0.227 e. The number of amides is 1. The zero-order valence-electron chi connectivity index (χ0n) is 15.7. The minimum atomic E-state index is 0.177. The van der Waals surface area contributed by atoms with E-state index in [1.807, 2.05) is 47.4 Å². The van der Waals surface area contributed by atoms with Crippen molar-refractivity contribution in [1.82, 2.24) is 0 Å². The molecule has 0 saturated carbocycles. The van der Waals surface area contributed by atoms with Gasteiger partial charge in [-0.1, -0.05) is 12.1 Å². The Morgan fingerprint density at radius 1 is 1.11 bits per heavy atom. The molecule has 0 radical (unpaired) electrons. The van der Waals surface area contributed by atoms with Crippen LogP contribution in [0.15, 0.2) is 47.5 Å². The molecule has 7 heteroatoms. The van der Waals surface area contributed by atoms with Crippen molar-refractivity contribution in [2.75, 3.05) is 30.0 Å². The number of rotatable bonds is 4. The zero-order valence-corrected chi connectivity index (χ0v) is 15.7. The first-order valence-electron chi connectivity index (χ1n) is 9.55. The van der Waals surface area contributed by atoms with Crippen molar-refractivity contribution in [3.8, 4) is 11.5 Å². The number of anilines is 2. The first-order valence-corrected chi connectivity index (χ1v) is 9.55. The minimum Gasteiger partial charge on any atom is -0.490 e. The van der Waals surface area contributed by atoms with Gasteiger partial charge in [-0.2, -0.15) is 0 Å². The number of ether oxygens (including phenoxy) is 2. The Hall–Kier alpha value is -3.22. The third kappa shape index (κ3) is 4.19. The summed E-state index contributed by atoms with van der Waals surface area (Å²) in [6, 6.07) is 13.5. The number of nitrogens with zero attached hydrogens (tertiary/aromatic N) is 2. The van der Waals surface area contributed by atoms with E-state index in [9.17, 15) is 4.79 Å². The molecular formula is C21H24N4O3. The van der Waals surface area contributed by atoms with Gasteiger partial charge in [-0.05, 0) is 36.2 Å². The number of benzene rings is 2. The largest absolute Gasteiger partial charge is 0.490 e. The van der Waals surface area contributed by atoms with Gasteiger partial charge in [-0.25, -0.2) is 4.99 Å². The van der Waals surface area contributed by atoms with Crippen LogP contribution >= 0.6 is 0 Å². The molecule has 3 N–H and O–H groups in total. The van der Waals surface area contributed by atoms with Crippen LogP contribution in [0.25, 0.3) is 0 Å². The molecule has 2 aliphatic rings. The molecule has 7 nitrogen and oxygen atoms in total. The quantitative estimate of drug-likeness (QED) is 0.629. The molecule has 2 aromatic rings. The van der Waals surface area contributed by atoms with Crippen molar-refractivity contribution >= 4 is 23.2 Å². The zero-order chi connectivity index (χ0) is 19.3. The molecule has 0 aliphatic carbocycles. The van der Waals surface area contributed by atoms with Gasteiger partial charge in [0.1, 0.15) is 0 Å². The number of carbonyl (C=O) groups is 1. The highest BCUT2D eigenvalue weighted by Gasteiger charge is 2.21. The Morgan fingerprint density at radius 2 is 1.96 bits per heavy atom. The standard InChI is InChI=1S/C21H24N4O3/c22-21(24-16-7-8-18-19(13-16)28-11-3-10-27-18)23-14-15-4-1-5-17(12-15)25-9-2-6-20(25)26/h1,4-5,7-8,12-13H,2-3,6,9-11,14H2,(H3,22,23,24). The maximum absolute atomic E-state index is 11.9. The molecule has 146 valence electrons. The van der Waals surface area contributed by atoms with Crippen LogP contribution in [0.1, 0.15) is 24.8 Å². The molecule has 0 atom stereocenters. The second-order valence-corrected chi connectivity index (χ2v) is 6.86. The second kappa shape index (κ2) is 8.21. The molecule has 0 bridgehead atoms. The van der Waals surface area contributed by atoms with Crippen LogP contribution < -0.4 is 25.4 Å². The molecular weight excluding hydrogens is 356 g/mol. The van der Waals surface area contributed by atoms with Gasteiger partial charge in [0, 0.05) is 36.8 Å². The molecule has 1 amide bonds. The van der Waals surface area contributed by atoms with E-state index in [-0.39, 0.29) is 5.91 Å². The van der Waals surface area contributed by atoms with Gasteiger partial charge in [0.2, 0.25) is 5.91 Å². The summed E-state index contributed by atoms with van der Waals surface area (Å²) < 4.78 is 11.3. The highest BCUT2D eigenvalue weighted by Crippen LogP contribution is 2.32. The van der Waals surface area contributed by atoms with E-state index in [2.05, 4.69) is 10.3 Å². The van der Waals surface area contributed by atoms with Gasteiger partial charge in [-0.15, -0.1) is 0 Å². The van der Waals surface area contributed by atoms with Crippen molar-refractivity contribution < 1.29 is 14.3 Å². The van der Waals surface area contributed by atoms with E-state index in [1.54, 1.807) is 0 Å². The van der Waals surface area contributed by atoms with Crippen molar-refractivity contribution in [1.29, 1.82) is 0 Å². The molecule has 1 saturated heterocycles. The van der Waals surface area contributed by atoms with Crippen LogP contribution in [0.5, 0.6) is 11.5 Å². The van der Waals surface area contributed by atoms with Crippen molar-refractivity contribution in [3.63, 3.8) is 0 Å². The van der Waals surface area contributed by atoms with Crippen LogP contribution in [-0.4, -0.2) is 31.6 Å². The summed E-state index contributed by atoms with van der Waals surface area (Å²) in [5.74, 6) is 1.94. The molecule has 2 aliphatic heterocycles. The van der Waals surface area contributed by atoms with Crippen molar-refractivity contribution in [2.45, 2.75) is 25.8 Å². The molecule has 28 heavy (non-hydrogen) atoms. The van der Waals surface area contributed by atoms with Gasteiger partial charge >= 0.3 is 0 Å². The molecule has 2 aromatic carbocycles. The molecule has 2 heterocycles. The highest BCUT2D eigenvalue weighted by molar-refractivity contribution is 5.95. The normalized spacial score (nSPS) is 16.8. The number of nitrogens with one attached hydrogen (secondary N) is 1. The lowest BCUT2D eigenvalue weighted by Gasteiger charge is -2.16. The summed E-state index contributed by atoms with van der Waals surface area (Å²) >= 11 is 0. The predicted molar refractivity (Wildman–Crippen MR) is 109 cm³/mol. The third-order valence-corrected chi connectivity index (χ3v) is 4.75. The summed E-state index contributed by atoms with van der Waals surface area (Å²) in [5, 5.41) is 3.09. The van der Waals surface area contributed by atoms with Crippen molar-refractivity contribution in [3.05, 3.63) is 48.0 Å². The number of nitrogens with two attached hydrogens (primary N) is 1. The third-order valence-electron chi connectivity index (χ3n) is 4.75. The van der Waals surface area contributed by atoms with E-state index < -0.39 is 0 Å². The van der Waals surface area contributed by atoms with Gasteiger partial charge < -0.3 is 25.4 Å². The summed E-state index contributed by atoms with van der Waals surface area (Å²) in [5.41, 5.74) is 8.76. The van der Waals surface area contributed by atoms with Crippen LogP contribution in [0, 0.1) is 0 Å².